The monoisotopic (exact) mass is 518 g/mol. The number of carboxylic acid groups (broad SMARTS) is 1. The molecule has 0 bridgehead atoms. The normalized spacial score (nSPS) is 11.1. The predicted octanol–water partition coefficient (Wildman–Crippen LogP) is 6.38. The van der Waals surface area contributed by atoms with E-state index in [1.165, 1.54) is 23.8 Å². The van der Waals surface area contributed by atoms with Gasteiger partial charge in [0.1, 0.15) is 11.3 Å². The van der Waals surface area contributed by atoms with Crippen molar-refractivity contribution in [3.05, 3.63) is 101 Å². The average Bonchev–Trinajstić information content (AvgIpc) is 2.92. The SMILES string of the molecule is O=C(O)c1cc([13C](=O)CN(CCCCCCOCCCCc2ccccc2)Cc2ccccc2)ccc1O. The number of carbonyl (C=O) groups excluding carboxylic acids is 1. The fourth-order valence-electron chi connectivity index (χ4n) is 4.40. The Balaban J connectivity index is 1.37. The average molecular weight is 519 g/mol. The molecule has 38 heavy (non-hydrogen) atoms. The van der Waals surface area contributed by atoms with Crippen molar-refractivity contribution < 1.29 is 24.5 Å². The topological polar surface area (TPSA) is 87.1 Å². The van der Waals surface area contributed by atoms with Crippen molar-refractivity contribution in [2.75, 3.05) is 26.3 Å². The molecule has 6 nitrogen and oxygen atoms in total. The van der Waals surface area contributed by atoms with Crippen molar-refractivity contribution in [3.63, 3.8) is 0 Å². The number of benzene rings is 3. The van der Waals surface area contributed by atoms with Gasteiger partial charge in [0.15, 0.2) is 5.78 Å². The van der Waals surface area contributed by atoms with E-state index < -0.39 is 5.97 Å². The first-order chi connectivity index (χ1) is 18.5. The molecule has 0 spiro atoms. The highest BCUT2D eigenvalue weighted by atomic mass is 16.5. The second-order valence-corrected chi connectivity index (χ2v) is 9.63. The summed E-state index contributed by atoms with van der Waals surface area (Å²) >= 11 is 0. The molecule has 3 aromatic rings. The summed E-state index contributed by atoms with van der Waals surface area (Å²) in [5.41, 5.74) is 2.53. The van der Waals surface area contributed by atoms with Crippen molar-refractivity contribution in [3.8, 4) is 5.75 Å². The fourth-order valence-corrected chi connectivity index (χ4v) is 4.40. The summed E-state index contributed by atoms with van der Waals surface area (Å²) in [7, 11) is 0. The predicted molar refractivity (Wildman–Crippen MR) is 150 cm³/mol. The number of rotatable bonds is 18. The van der Waals surface area contributed by atoms with Gasteiger partial charge < -0.3 is 14.9 Å². The highest BCUT2D eigenvalue weighted by Crippen LogP contribution is 2.19. The Morgan fingerprint density at radius 3 is 2.05 bits per heavy atom. The van der Waals surface area contributed by atoms with Crippen LogP contribution in [0.25, 0.3) is 0 Å². The minimum atomic E-state index is -1.26. The first-order valence-electron chi connectivity index (χ1n) is 13.5. The molecule has 0 unspecified atom stereocenters. The van der Waals surface area contributed by atoms with E-state index in [2.05, 4.69) is 29.2 Å². The summed E-state index contributed by atoms with van der Waals surface area (Å²) in [5, 5.41) is 19.0. The lowest BCUT2D eigenvalue weighted by Gasteiger charge is -2.22. The second-order valence-electron chi connectivity index (χ2n) is 9.63. The standard InChI is InChI=1S/C32H39NO5/c34-30-19-18-28(23-29(30)32(36)37)31(35)25-33(24-27-16-7-4-8-17-27)20-10-1-2-11-21-38-22-12-9-15-26-13-5-3-6-14-26/h3-8,13-14,16-19,23,34H,1-2,9-12,15,20-22,24-25H2,(H,36,37)/i31+1. The molecule has 2 N–H and O–H groups in total. The summed E-state index contributed by atoms with van der Waals surface area (Å²) in [6.45, 7) is 3.18. The van der Waals surface area contributed by atoms with E-state index in [1.807, 2.05) is 36.4 Å². The lowest BCUT2D eigenvalue weighted by molar-refractivity contribution is 0.0693. The Hall–Kier alpha value is -3.48. The Kier molecular flexibility index (Phi) is 12.5. The third kappa shape index (κ3) is 10.5. The third-order valence-corrected chi connectivity index (χ3v) is 6.53. The molecule has 0 aromatic heterocycles. The van der Waals surface area contributed by atoms with Crippen molar-refractivity contribution in [1.29, 1.82) is 0 Å². The summed E-state index contributed by atoms with van der Waals surface area (Å²) < 4.78 is 5.80. The second kappa shape index (κ2) is 16.4. The molecular weight excluding hydrogens is 479 g/mol. The van der Waals surface area contributed by atoms with Gasteiger partial charge in [0.2, 0.25) is 0 Å². The van der Waals surface area contributed by atoms with Crippen molar-refractivity contribution in [1.82, 2.24) is 4.90 Å². The number of ether oxygens (including phenoxy) is 1. The van der Waals surface area contributed by atoms with Crippen LogP contribution in [0.3, 0.4) is 0 Å². The minimum absolute atomic E-state index is 0.163. The van der Waals surface area contributed by atoms with Gasteiger partial charge >= 0.3 is 5.97 Å². The Labute approximate surface area is 225 Å². The molecule has 0 atom stereocenters. The molecule has 0 fully saturated rings. The molecule has 0 saturated heterocycles. The highest BCUT2D eigenvalue weighted by Gasteiger charge is 2.17. The number of ketones is 1. The van der Waals surface area contributed by atoms with Crippen LogP contribution >= 0.6 is 0 Å². The van der Waals surface area contributed by atoms with Crippen LogP contribution in [-0.4, -0.2) is 53.2 Å². The maximum Gasteiger partial charge on any atom is 0.339 e. The van der Waals surface area contributed by atoms with Crippen LogP contribution in [0.2, 0.25) is 0 Å². The molecule has 0 amide bonds. The smallest absolute Gasteiger partial charge is 0.339 e. The first kappa shape index (κ1) is 29.1. The molecule has 0 saturated carbocycles. The highest BCUT2D eigenvalue weighted by molar-refractivity contribution is 6.01. The summed E-state index contributed by atoms with van der Waals surface area (Å²) in [6, 6.07) is 24.5. The molecule has 0 aliphatic carbocycles. The summed E-state index contributed by atoms with van der Waals surface area (Å²) in [6.07, 6.45) is 7.44. The van der Waals surface area contributed by atoms with E-state index >= 15 is 0 Å². The fraction of sp³-hybridized carbons (Fsp3) is 0.375. The van der Waals surface area contributed by atoms with Crippen LogP contribution in [0.15, 0.2) is 78.9 Å². The van der Waals surface area contributed by atoms with E-state index in [0.717, 1.165) is 70.3 Å². The van der Waals surface area contributed by atoms with Gasteiger partial charge in [0, 0.05) is 25.3 Å². The largest absolute Gasteiger partial charge is 0.507 e. The number of carboxylic acids is 1. The zero-order valence-electron chi connectivity index (χ0n) is 22.1. The van der Waals surface area contributed by atoms with Gasteiger partial charge in [-0.2, -0.15) is 0 Å². The zero-order chi connectivity index (χ0) is 27.0. The Morgan fingerprint density at radius 2 is 1.37 bits per heavy atom. The molecule has 3 aromatic carbocycles. The Morgan fingerprint density at radius 1 is 0.737 bits per heavy atom. The maximum absolute atomic E-state index is 13.0. The van der Waals surface area contributed by atoms with Crippen molar-refractivity contribution in [2.45, 2.75) is 51.5 Å². The number of aromatic carboxylic acids is 1. The quantitative estimate of drug-likeness (QED) is 0.116. The molecule has 3 rings (SSSR count). The van der Waals surface area contributed by atoms with Gasteiger partial charge in [0.25, 0.3) is 0 Å². The number of nitrogens with zero attached hydrogens (tertiary/aromatic N) is 1. The number of hydrogen-bond donors (Lipinski definition) is 2. The number of carbonyl (C=O) groups is 2. The van der Waals surface area contributed by atoms with Gasteiger partial charge in [0.05, 0.1) is 6.54 Å². The van der Waals surface area contributed by atoms with Crippen LogP contribution in [0, 0.1) is 0 Å². The number of phenols is 1. The number of hydrogen-bond acceptors (Lipinski definition) is 5. The van der Waals surface area contributed by atoms with E-state index in [4.69, 9.17) is 4.74 Å². The number of aromatic hydroxyl groups is 1. The minimum Gasteiger partial charge on any atom is -0.507 e. The van der Waals surface area contributed by atoms with E-state index in [-0.39, 0.29) is 23.6 Å². The third-order valence-electron chi connectivity index (χ3n) is 6.53. The van der Waals surface area contributed by atoms with Gasteiger partial charge in [-0.25, -0.2) is 4.79 Å². The van der Waals surface area contributed by atoms with Crippen molar-refractivity contribution in [2.24, 2.45) is 0 Å². The number of aryl methyl sites for hydroxylation is 1. The summed E-state index contributed by atoms with van der Waals surface area (Å²) in [5.74, 6) is -1.76. The maximum atomic E-state index is 13.0. The molecule has 0 aliphatic heterocycles. The lowest BCUT2D eigenvalue weighted by atomic mass is 10.1. The van der Waals surface area contributed by atoms with E-state index in [0.29, 0.717) is 12.1 Å². The Bertz CT molecular complexity index is 1120. The first-order valence-corrected chi connectivity index (χ1v) is 13.5. The molecule has 202 valence electrons. The number of unbranched alkanes of at least 4 members (excludes halogenated alkanes) is 4. The van der Waals surface area contributed by atoms with E-state index in [9.17, 15) is 19.8 Å². The van der Waals surface area contributed by atoms with Crippen molar-refractivity contribution >= 4 is 11.8 Å². The lowest BCUT2D eigenvalue weighted by Crippen LogP contribution is -2.30. The molecule has 0 radical (unpaired) electrons. The van der Waals surface area contributed by atoms with Gasteiger partial charge in [-0.3, -0.25) is 9.69 Å². The zero-order valence-corrected chi connectivity index (χ0v) is 22.1. The molecule has 6 heteroatoms. The van der Waals surface area contributed by atoms with Gasteiger partial charge in [-0.15, -0.1) is 0 Å². The molecular formula is C32H39NO5. The van der Waals surface area contributed by atoms with E-state index in [1.54, 1.807) is 0 Å². The molecule has 0 aliphatic rings. The van der Waals surface area contributed by atoms with Crippen LogP contribution < -0.4 is 0 Å². The van der Waals surface area contributed by atoms with Crippen LogP contribution in [-0.2, 0) is 17.7 Å². The van der Waals surface area contributed by atoms with Crippen LogP contribution in [0.4, 0.5) is 0 Å². The summed E-state index contributed by atoms with van der Waals surface area (Å²) in [4.78, 5) is 26.4. The number of Topliss-reactive ketones (excluding diaryl/α,β-unsaturated/α-hetero) is 1. The molecule has 0 heterocycles. The van der Waals surface area contributed by atoms with Gasteiger partial charge in [-0.05, 0) is 68.0 Å². The van der Waals surface area contributed by atoms with Crippen LogP contribution in [0.1, 0.15) is 70.4 Å². The van der Waals surface area contributed by atoms with Crippen LogP contribution in [0.5, 0.6) is 5.75 Å². The van der Waals surface area contributed by atoms with Gasteiger partial charge in [-0.1, -0.05) is 73.5 Å².